The first-order chi connectivity index (χ1) is 7.52. The highest BCUT2D eigenvalue weighted by Crippen LogP contribution is 2.26. The third-order valence-electron chi connectivity index (χ3n) is 2.03. The summed E-state index contributed by atoms with van der Waals surface area (Å²) in [6, 6.07) is 5.49. The molecule has 0 aromatic heterocycles. The van der Waals surface area contributed by atoms with Crippen LogP contribution in [-0.2, 0) is 9.53 Å². The Kier molecular flexibility index (Phi) is 5.09. The van der Waals surface area contributed by atoms with Crippen molar-refractivity contribution in [1.82, 2.24) is 0 Å². The molecule has 88 valence electrons. The summed E-state index contributed by atoms with van der Waals surface area (Å²) in [6.07, 6.45) is 0.305. The molecule has 0 amide bonds. The number of esters is 1. The summed E-state index contributed by atoms with van der Waals surface area (Å²) in [7, 11) is 1.38. The molecule has 3 nitrogen and oxygen atoms in total. The van der Waals surface area contributed by atoms with E-state index < -0.39 is 0 Å². The molecule has 1 atom stereocenters. The first-order valence-electron chi connectivity index (χ1n) is 4.81. The molecule has 0 saturated heterocycles. The Balaban J connectivity index is 2.65. The van der Waals surface area contributed by atoms with Crippen LogP contribution in [0.5, 0.6) is 0 Å². The van der Waals surface area contributed by atoms with Crippen LogP contribution in [0.15, 0.2) is 22.7 Å². The lowest BCUT2D eigenvalue weighted by Gasteiger charge is -2.15. The molecule has 1 aromatic carbocycles. The van der Waals surface area contributed by atoms with E-state index in [1.807, 2.05) is 19.1 Å². The maximum atomic E-state index is 11.1. The van der Waals surface area contributed by atoms with Gasteiger partial charge in [-0.15, -0.1) is 0 Å². The SMILES string of the molecule is COC(=O)CC(C)Nc1cc(Br)ccc1Cl. The average Bonchev–Trinajstić information content (AvgIpc) is 2.23. The topological polar surface area (TPSA) is 38.3 Å². The molecule has 0 aliphatic heterocycles. The van der Waals surface area contributed by atoms with E-state index in [1.54, 1.807) is 6.07 Å². The van der Waals surface area contributed by atoms with Crippen molar-refractivity contribution in [2.75, 3.05) is 12.4 Å². The number of carbonyl (C=O) groups is 1. The Morgan fingerprint density at radius 1 is 1.62 bits per heavy atom. The predicted molar refractivity (Wildman–Crippen MR) is 68.9 cm³/mol. The van der Waals surface area contributed by atoms with Gasteiger partial charge in [0, 0.05) is 10.5 Å². The lowest BCUT2D eigenvalue weighted by molar-refractivity contribution is -0.140. The molecule has 0 spiro atoms. The van der Waals surface area contributed by atoms with Crippen LogP contribution in [0, 0.1) is 0 Å². The molecule has 0 heterocycles. The van der Waals surface area contributed by atoms with E-state index in [0.29, 0.717) is 11.4 Å². The minimum atomic E-state index is -0.244. The fraction of sp³-hybridized carbons (Fsp3) is 0.364. The Labute approximate surface area is 108 Å². The molecule has 1 aromatic rings. The Morgan fingerprint density at radius 2 is 2.31 bits per heavy atom. The number of methoxy groups -OCH3 is 1. The van der Waals surface area contributed by atoms with Crippen molar-refractivity contribution in [3.63, 3.8) is 0 Å². The van der Waals surface area contributed by atoms with Gasteiger partial charge in [0.2, 0.25) is 0 Å². The second-order valence-corrected chi connectivity index (χ2v) is 4.77. The van der Waals surface area contributed by atoms with Crippen LogP contribution in [0.1, 0.15) is 13.3 Å². The predicted octanol–water partition coefficient (Wildman–Crippen LogP) is 3.47. The van der Waals surface area contributed by atoms with Crippen LogP contribution in [-0.4, -0.2) is 19.1 Å². The molecule has 16 heavy (non-hydrogen) atoms. The summed E-state index contributed by atoms with van der Waals surface area (Å²) in [5.41, 5.74) is 0.799. The van der Waals surface area contributed by atoms with Crippen molar-refractivity contribution in [1.29, 1.82) is 0 Å². The first-order valence-corrected chi connectivity index (χ1v) is 5.98. The molecule has 1 N–H and O–H groups in total. The summed E-state index contributed by atoms with van der Waals surface area (Å²) >= 11 is 9.37. The van der Waals surface area contributed by atoms with Gasteiger partial charge in [0.05, 0.1) is 24.2 Å². The quantitative estimate of drug-likeness (QED) is 0.866. The second kappa shape index (κ2) is 6.11. The van der Waals surface area contributed by atoms with Crippen LogP contribution >= 0.6 is 27.5 Å². The Hall–Kier alpha value is -0.740. The molecule has 0 aliphatic rings. The Bertz CT molecular complexity index is 384. The van der Waals surface area contributed by atoms with E-state index >= 15 is 0 Å². The molecule has 0 bridgehead atoms. The van der Waals surface area contributed by atoms with Gasteiger partial charge in [-0.2, -0.15) is 0 Å². The van der Waals surface area contributed by atoms with E-state index in [4.69, 9.17) is 11.6 Å². The standard InChI is InChI=1S/C11H13BrClNO2/c1-7(5-11(15)16-2)14-10-6-8(12)3-4-9(10)13/h3-4,6-7,14H,5H2,1-2H3. The molecule has 5 heteroatoms. The summed E-state index contributed by atoms with van der Waals surface area (Å²) in [5, 5.41) is 3.78. The third kappa shape index (κ3) is 4.02. The molecule has 0 radical (unpaired) electrons. The van der Waals surface area contributed by atoms with Crippen LogP contribution in [0.3, 0.4) is 0 Å². The van der Waals surface area contributed by atoms with E-state index in [2.05, 4.69) is 26.0 Å². The smallest absolute Gasteiger partial charge is 0.307 e. The number of halogens is 2. The lowest BCUT2D eigenvalue weighted by Crippen LogP contribution is -2.20. The first kappa shape index (κ1) is 13.3. The lowest BCUT2D eigenvalue weighted by atomic mass is 10.2. The molecule has 1 unspecified atom stereocenters. The zero-order valence-electron chi connectivity index (χ0n) is 9.09. The number of nitrogens with one attached hydrogen (secondary N) is 1. The zero-order chi connectivity index (χ0) is 12.1. The maximum Gasteiger partial charge on any atom is 0.307 e. The fourth-order valence-corrected chi connectivity index (χ4v) is 1.79. The fourth-order valence-electron chi connectivity index (χ4n) is 1.26. The summed E-state index contributed by atoms with van der Waals surface area (Å²) in [4.78, 5) is 11.1. The van der Waals surface area contributed by atoms with Crippen LogP contribution in [0.25, 0.3) is 0 Å². The van der Waals surface area contributed by atoms with Crippen molar-refractivity contribution in [2.24, 2.45) is 0 Å². The second-order valence-electron chi connectivity index (χ2n) is 3.45. The van der Waals surface area contributed by atoms with Gasteiger partial charge < -0.3 is 10.1 Å². The number of hydrogen-bond donors (Lipinski definition) is 1. The highest BCUT2D eigenvalue weighted by atomic mass is 79.9. The van der Waals surface area contributed by atoms with Crippen molar-refractivity contribution < 1.29 is 9.53 Å². The molecule has 0 aliphatic carbocycles. The summed E-state index contributed by atoms with van der Waals surface area (Å²) in [5.74, 6) is -0.244. The van der Waals surface area contributed by atoms with Gasteiger partial charge in [0.1, 0.15) is 0 Å². The number of carbonyl (C=O) groups excluding carboxylic acids is 1. The van der Waals surface area contributed by atoms with E-state index in [-0.39, 0.29) is 12.0 Å². The highest BCUT2D eigenvalue weighted by Gasteiger charge is 2.10. The number of ether oxygens (including phenoxy) is 1. The minimum Gasteiger partial charge on any atom is -0.469 e. The van der Waals surface area contributed by atoms with Crippen molar-refractivity contribution in [3.05, 3.63) is 27.7 Å². The summed E-state index contributed by atoms with van der Waals surface area (Å²) in [6.45, 7) is 1.90. The van der Waals surface area contributed by atoms with Crippen molar-refractivity contribution in [2.45, 2.75) is 19.4 Å². The summed E-state index contributed by atoms with van der Waals surface area (Å²) < 4.78 is 5.53. The monoisotopic (exact) mass is 305 g/mol. The molecule has 0 fully saturated rings. The van der Waals surface area contributed by atoms with Gasteiger partial charge in [0.25, 0.3) is 0 Å². The van der Waals surface area contributed by atoms with Gasteiger partial charge >= 0.3 is 5.97 Å². The van der Waals surface area contributed by atoms with Gasteiger partial charge in [-0.25, -0.2) is 0 Å². The molecule has 0 saturated carbocycles. The van der Waals surface area contributed by atoms with E-state index in [0.717, 1.165) is 10.2 Å². The Morgan fingerprint density at radius 3 is 2.94 bits per heavy atom. The zero-order valence-corrected chi connectivity index (χ0v) is 11.4. The van der Waals surface area contributed by atoms with Gasteiger partial charge in [-0.1, -0.05) is 27.5 Å². The van der Waals surface area contributed by atoms with Crippen LogP contribution in [0.4, 0.5) is 5.69 Å². The van der Waals surface area contributed by atoms with Crippen LogP contribution < -0.4 is 5.32 Å². The van der Waals surface area contributed by atoms with Gasteiger partial charge in [0.15, 0.2) is 0 Å². The minimum absolute atomic E-state index is 0.0285. The highest BCUT2D eigenvalue weighted by molar-refractivity contribution is 9.10. The largest absolute Gasteiger partial charge is 0.469 e. The van der Waals surface area contributed by atoms with E-state index in [9.17, 15) is 4.79 Å². The number of benzene rings is 1. The van der Waals surface area contributed by atoms with E-state index in [1.165, 1.54) is 7.11 Å². The van der Waals surface area contributed by atoms with Crippen LogP contribution in [0.2, 0.25) is 5.02 Å². The number of rotatable bonds is 4. The van der Waals surface area contributed by atoms with Crippen molar-refractivity contribution >= 4 is 39.2 Å². The van der Waals surface area contributed by atoms with Gasteiger partial charge in [-0.05, 0) is 25.1 Å². The normalized spacial score (nSPS) is 12.0. The maximum absolute atomic E-state index is 11.1. The number of anilines is 1. The average molecular weight is 307 g/mol. The van der Waals surface area contributed by atoms with Crippen molar-refractivity contribution in [3.8, 4) is 0 Å². The number of hydrogen-bond acceptors (Lipinski definition) is 3. The molecular formula is C11H13BrClNO2. The molecular weight excluding hydrogens is 293 g/mol. The molecule has 1 rings (SSSR count). The third-order valence-corrected chi connectivity index (χ3v) is 2.85. The van der Waals surface area contributed by atoms with Gasteiger partial charge in [-0.3, -0.25) is 4.79 Å².